The number of carbonyl (C=O) groups excluding carboxylic acids is 3. The van der Waals surface area contributed by atoms with Crippen molar-refractivity contribution in [3.05, 3.63) is 29.8 Å². The largest absolute Gasteiger partial charge is 0.343 e. The van der Waals surface area contributed by atoms with E-state index < -0.39 is 6.04 Å². The third kappa shape index (κ3) is 2.95. The number of benzene rings is 1. The lowest BCUT2D eigenvalue weighted by atomic mass is 10.1. The first-order valence-electron chi connectivity index (χ1n) is 7.63. The van der Waals surface area contributed by atoms with E-state index in [1.807, 2.05) is 0 Å². The number of carbonyl (C=O) groups is 3. The van der Waals surface area contributed by atoms with Gasteiger partial charge in [0.05, 0.1) is 17.7 Å². The molecule has 0 spiro atoms. The summed E-state index contributed by atoms with van der Waals surface area (Å²) in [4.78, 5) is 38.5. The smallest absolute Gasteiger partial charge is 0.254 e. The molecule has 0 aromatic heterocycles. The van der Waals surface area contributed by atoms with E-state index in [0.717, 1.165) is 32.4 Å². The lowest BCUT2D eigenvalue weighted by Crippen LogP contribution is -2.46. The van der Waals surface area contributed by atoms with Crippen molar-refractivity contribution in [2.24, 2.45) is 0 Å². The summed E-state index contributed by atoms with van der Waals surface area (Å²) in [7, 11) is 0. The normalized spacial score (nSPS) is 21.5. The van der Waals surface area contributed by atoms with Gasteiger partial charge in [-0.15, -0.1) is 0 Å². The summed E-state index contributed by atoms with van der Waals surface area (Å²) in [6.07, 6.45) is 3.14. The van der Waals surface area contributed by atoms with E-state index in [-0.39, 0.29) is 24.1 Å². The summed E-state index contributed by atoms with van der Waals surface area (Å²) >= 11 is 0. The Balaban J connectivity index is 1.71. The van der Waals surface area contributed by atoms with E-state index in [1.165, 1.54) is 0 Å². The highest BCUT2D eigenvalue weighted by molar-refractivity contribution is 6.10. The number of anilines is 1. The first-order valence-corrected chi connectivity index (χ1v) is 7.63. The van der Waals surface area contributed by atoms with Crippen molar-refractivity contribution >= 4 is 23.4 Å². The van der Waals surface area contributed by atoms with Gasteiger partial charge in [-0.1, -0.05) is 12.1 Å². The summed E-state index contributed by atoms with van der Waals surface area (Å²) < 4.78 is 0. The molecule has 116 valence electrons. The van der Waals surface area contributed by atoms with Crippen LogP contribution in [0.25, 0.3) is 0 Å². The van der Waals surface area contributed by atoms with Gasteiger partial charge in [-0.2, -0.15) is 0 Å². The Labute approximate surface area is 128 Å². The maximum absolute atomic E-state index is 12.3. The fourth-order valence-electron chi connectivity index (χ4n) is 2.90. The molecule has 0 unspecified atom stereocenters. The molecule has 22 heavy (non-hydrogen) atoms. The maximum atomic E-state index is 12.3. The molecule has 1 saturated heterocycles. The molecule has 6 nitrogen and oxygen atoms in total. The molecule has 2 aliphatic heterocycles. The Morgan fingerprint density at radius 3 is 2.64 bits per heavy atom. The van der Waals surface area contributed by atoms with Crippen molar-refractivity contribution in [1.29, 1.82) is 0 Å². The Morgan fingerprint density at radius 1 is 1.14 bits per heavy atom. The molecule has 0 aliphatic carbocycles. The average Bonchev–Trinajstić information content (AvgIpc) is 2.66. The van der Waals surface area contributed by atoms with E-state index in [9.17, 15) is 14.4 Å². The first kappa shape index (κ1) is 14.6. The van der Waals surface area contributed by atoms with E-state index in [2.05, 4.69) is 10.6 Å². The molecule has 1 fully saturated rings. The van der Waals surface area contributed by atoms with Gasteiger partial charge in [-0.3, -0.25) is 14.4 Å². The lowest BCUT2D eigenvalue weighted by molar-refractivity contribution is -0.134. The highest BCUT2D eigenvalue weighted by Gasteiger charge is 2.30. The second-order valence-corrected chi connectivity index (χ2v) is 5.71. The Kier molecular flexibility index (Phi) is 4.09. The van der Waals surface area contributed by atoms with Crippen LogP contribution >= 0.6 is 0 Å². The van der Waals surface area contributed by atoms with E-state index in [1.54, 1.807) is 29.2 Å². The quantitative estimate of drug-likeness (QED) is 0.860. The molecule has 1 atom stereocenters. The van der Waals surface area contributed by atoms with Crippen molar-refractivity contribution in [1.82, 2.24) is 10.2 Å². The van der Waals surface area contributed by atoms with Gasteiger partial charge in [-0.25, -0.2) is 0 Å². The first-order chi connectivity index (χ1) is 10.6. The summed E-state index contributed by atoms with van der Waals surface area (Å²) in [5.74, 6) is -0.750. The number of rotatable bonds is 2. The number of hydrogen-bond acceptors (Lipinski definition) is 3. The molecule has 3 rings (SSSR count). The predicted octanol–water partition coefficient (Wildman–Crippen LogP) is 1.14. The number of para-hydroxylation sites is 1. The zero-order valence-electron chi connectivity index (χ0n) is 12.3. The highest BCUT2D eigenvalue weighted by Crippen LogP contribution is 2.19. The van der Waals surface area contributed by atoms with Crippen LogP contribution in [0.4, 0.5) is 5.69 Å². The van der Waals surface area contributed by atoms with Gasteiger partial charge in [0.25, 0.3) is 5.91 Å². The monoisotopic (exact) mass is 301 g/mol. The van der Waals surface area contributed by atoms with Crippen LogP contribution in [-0.4, -0.2) is 41.8 Å². The molecule has 1 aromatic rings. The number of likely N-dealkylation sites (tertiary alicyclic amines) is 1. The van der Waals surface area contributed by atoms with Crippen molar-refractivity contribution in [3.63, 3.8) is 0 Å². The molecule has 3 amide bonds. The number of nitrogens with one attached hydrogen (secondary N) is 2. The standard InChI is InChI=1S/C16H19N3O3/c20-14(19-8-4-1-5-9-19)10-13-16(22)17-12-7-3-2-6-11(12)15(21)18-13/h2-3,6-7,13H,1,4-5,8-10H2,(H,17,22)(H,18,21)/t13-/m1/s1. The topological polar surface area (TPSA) is 78.5 Å². The van der Waals surface area contributed by atoms with Gasteiger partial charge in [-0.05, 0) is 31.4 Å². The van der Waals surface area contributed by atoms with Gasteiger partial charge in [0, 0.05) is 13.1 Å². The molecule has 6 heteroatoms. The van der Waals surface area contributed by atoms with E-state index >= 15 is 0 Å². The molecule has 0 saturated carbocycles. The maximum Gasteiger partial charge on any atom is 0.254 e. The zero-order chi connectivity index (χ0) is 15.5. The van der Waals surface area contributed by atoms with E-state index in [4.69, 9.17) is 0 Å². The third-order valence-corrected chi connectivity index (χ3v) is 4.14. The molecule has 1 aromatic carbocycles. The Morgan fingerprint density at radius 2 is 1.86 bits per heavy atom. The van der Waals surface area contributed by atoms with Crippen LogP contribution in [0.5, 0.6) is 0 Å². The fourth-order valence-corrected chi connectivity index (χ4v) is 2.90. The molecule has 2 aliphatic rings. The minimum atomic E-state index is -0.825. The number of hydrogen-bond donors (Lipinski definition) is 2. The van der Waals surface area contributed by atoms with Crippen molar-refractivity contribution in [3.8, 4) is 0 Å². The summed E-state index contributed by atoms with van der Waals surface area (Å²) in [5.41, 5.74) is 0.904. The summed E-state index contributed by atoms with van der Waals surface area (Å²) in [5, 5.41) is 5.37. The fraction of sp³-hybridized carbons (Fsp3) is 0.438. The summed E-state index contributed by atoms with van der Waals surface area (Å²) in [6, 6.07) is 6.01. The summed E-state index contributed by atoms with van der Waals surface area (Å²) in [6.45, 7) is 1.47. The molecule has 0 radical (unpaired) electrons. The molecule has 2 heterocycles. The van der Waals surface area contributed by atoms with Crippen molar-refractivity contribution in [2.75, 3.05) is 18.4 Å². The molecule has 2 N–H and O–H groups in total. The highest BCUT2D eigenvalue weighted by atomic mass is 16.2. The molecular formula is C16H19N3O3. The van der Waals surface area contributed by atoms with Crippen LogP contribution < -0.4 is 10.6 Å². The van der Waals surface area contributed by atoms with Crippen molar-refractivity contribution in [2.45, 2.75) is 31.7 Å². The van der Waals surface area contributed by atoms with Crippen LogP contribution in [0.3, 0.4) is 0 Å². The molecule has 0 bridgehead atoms. The van der Waals surface area contributed by atoms with Crippen LogP contribution in [0.1, 0.15) is 36.0 Å². The van der Waals surface area contributed by atoms with Gasteiger partial charge in [0.1, 0.15) is 6.04 Å². The van der Waals surface area contributed by atoms with Crippen LogP contribution in [-0.2, 0) is 9.59 Å². The SMILES string of the molecule is O=C1N[C@H](CC(=O)N2CCCCC2)C(=O)Nc2ccccc21. The minimum Gasteiger partial charge on any atom is -0.343 e. The Bertz CT molecular complexity index is 608. The van der Waals surface area contributed by atoms with Crippen molar-refractivity contribution < 1.29 is 14.4 Å². The van der Waals surface area contributed by atoms with Gasteiger partial charge >= 0.3 is 0 Å². The van der Waals surface area contributed by atoms with Gasteiger partial charge in [0.2, 0.25) is 11.8 Å². The minimum absolute atomic E-state index is 0.00552. The number of nitrogens with zero attached hydrogens (tertiary/aromatic N) is 1. The van der Waals surface area contributed by atoms with Crippen LogP contribution in [0.2, 0.25) is 0 Å². The second-order valence-electron chi connectivity index (χ2n) is 5.71. The van der Waals surface area contributed by atoms with E-state index in [0.29, 0.717) is 11.3 Å². The zero-order valence-corrected chi connectivity index (χ0v) is 12.3. The van der Waals surface area contributed by atoms with Crippen LogP contribution in [0, 0.1) is 0 Å². The molecular weight excluding hydrogens is 282 g/mol. The average molecular weight is 301 g/mol. The lowest BCUT2D eigenvalue weighted by Gasteiger charge is -2.28. The third-order valence-electron chi connectivity index (χ3n) is 4.14. The predicted molar refractivity (Wildman–Crippen MR) is 81.4 cm³/mol. The Hall–Kier alpha value is -2.37. The number of fused-ring (bicyclic) bond motifs is 1. The second kappa shape index (κ2) is 6.17. The van der Waals surface area contributed by atoms with Gasteiger partial charge < -0.3 is 15.5 Å². The van der Waals surface area contributed by atoms with Crippen LogP contribution in [0.15, 0.2) is 24.3 Å². The van der Waals surface area contributed by atoms with Gasteiger partial charge in [0.15, 0.2) is 0 Å². The number of amides is 3. The number of piperidine rings is 1.